The summed E-state index contributed by atoms with van der Waals surface area (Å²) in [5.41, 5.74) is 0.522. The smallest absolute Gasteiger partial charge is 0.248 e. The number of piperidine rings is 1. The van der Waals surface area contributed by atoms with E-state index in [1.807, 2.05) is 35.1 Å². The number of rotatable bonds is 4. The van der Waals surface area contributed by atoms with E-state index in [2.05, 4.69) is 46.9 Å². The van der Waals surface area contributed by atoms with E-state index in [4.69, 9.17) is 0 Å². The largest absolute Gasteiger partial charge is 0.347 e. The molecule has 134 valence electrons. The minimum absolute atomic E-state index is 0.0446. The average molecular weight is 348 g/mol. The number of aromatic nitrogens is 2. The number of nitrogens with zero attached hydrogens (tertiary/aromatic N) is 2. The maximum atomic E-state index is 13.3. The zero-order chi connectivity index (χ0) is 18.0. The average Bonchev–Trinajstić information content (AvgIpc) is 3.23. The fraction of sp³-hybridized carbons (Fsp3) is 0.333. The molecule has 2 heterocycles. The second-order valence-electron chi connectivity index (χ2n) is 7.00. The predicted octanol–water partition coefficient (Wildman–Crippen LogP) is 2.99. The minimum Gasteiger partial charge on any atom is -0.347 e. The van der Waals surface area contributed by atoms with Crippen molar-refractivity contribution in [2.45, 2.75) is 31.3 Å². The summed E-state index contributed by atoms with van der Waals surface area (Å²) in [4.78, 5) is 13.3. The lowest BCUT2D eigenvalue weighted by Crippen LogP contribution is -2.55. The first kappa shape index (κ1) is 16.8. The Bertz CT molecular complexity index is 892. The van der Waals surface area contributed by atoms with Gasteiger partial charge >= 0.3 is 0 Å². The topological polar surface area (TPSA) is 59.0 Å². The third kappa shape index (κ3) is 2.88. The molecular weight excluding hydrogens is 324 g/mol. The van der Waals surface area contributed by atoms with Gasteiger partial charge in [-0.25, -0.2) is 0 Å². The van der Waals surface area contributed by atoms with Crippen LogP contribution in [0.15, 0.2) is 60.9 Å². The van der Waals surface area contributed by atoms with E-state index >= 15 is 0 Å². The molecular formula is C21H24N4O. The maximum absolute atomic E-state index is 13.3. The van der Waals surface area contributed by atoms with E-state index in [0.29, 0.717) is 0 Å². The molecule has 1 unspecified atom stereocenters. The fourth-order valence-corrected chi connectivity index (χ4v) is 3.96. The zero-order valence-electron chi connectivity index (χ0n) is 15.0. The first-order chi connectivity index (χ1) is 12.7. The highest BCUT2D eigenvalue weighted by molar-refractivity contribution is 5.88. The first-order valence-corrected chi connectivity index (χ1v) is 9.20. The number of hydrogen-bond donors (Lipinski definition) is 2. The molecule has 1 aromatic heterocycles. The molecule has 4 rings (SSSR count). The summed E-state index contributed by atoms with van der Waals surface area (Å²) < 4.78 is 1.83. The van der Waals surface area contributed by atoms with E-state index in [1.165, 1.54) is 10.8 Å². The summed E-state index contributed by atoms with van der Waals surface area (Å²) in [7, 11) is 0. The quantitative estimate of drug-likeness (QED) is 0.762. The van der Waals surface area contributed by atoms with Crippen molar-refractivity contribution in [3.63, 3.8) is 0 Å². The number of benzene rings is 2. The highest BCUT2D eigenvalue weighted by atomic mass is 16.2. The lowest BCUT2D eigenvalue weighted by atomic mass is 9.86. The van der Waals surface area contributed by atoms with Crippen molar-refractivity contribution >= 4 is 16.7 Å². The molecule has 0 bridgehead atoms. The molecule has 1 aliphatic heterocycles. The fourth-order valence-electron chi connectivity index (χ4n) is 3.96. The second-order valence-corrected chi connectivity index (χ2v) is 7.00. The Hall–Kier alpha value is -2.66. The van der Waals surface area contributed by atoms with Crippen LogP contribution in [0.5, 0.6) is 0 Å². The van der Waals surface area contributed by atoms with Crippen LogP contribution in [0.4, 0.5) is 0 Å². The van der Waals surface area contributed by atoms with E-state index < -0.39 is 5.54 Å². The Labute approximate surface area is 153 Å². The predicted molar refractivity (Wildman–Crippen MR) is 103 cm³/mol. The third-order valence-electron chi connectivity index (χ3n) is 5.43. The second kappa shape index (κ2) is 6.92. The molecule has 1 fully saturated rings. The third-order valence-corrected chi connectivity index (χ3v) is 5.43. The molecule has 2 aromatic carbocycles. The van der Waals surface area contributed by atoms with Gasteiger partial charge in [0.2, 0.25) is 5.91 Å². The van der Waals surface area contributed by atoms with Gasteiger partial charge in [-0.15, -0.1) is 0 Å². The van der Waals surface area contributed by atoms with Crippen LogP contribution < -0.4 is 10.6 Å². The van der Waals surface area contributed by atoms with Crippen molar-refractivity contribution in [1.82, 2.24) is 20.4 Å². The van der Waals surface area contributed by atoms with Gasteiger partial charge in [-0.2, -0.15) is 5.10 Å². The molecule has 0 aliphatic carbocycles. The first-order valence-electron chi connectivity index (χ1n) is 9.20. The van der Waals surface area contributed by atoms with E-state index in [9.17, 15) is 4.79 Å². The van der Waals surface area contributed by atoms with Crippen molar-refractivity contribution in [1.29, 1.82) is 0 Å². The molecule has 1 amide bonds. The van der Waals surface area contributed by atoms with Crippen molar-refractivity contribution < 1.29 is 4.79 Å². The van der Waals surface area contributed by atoms with Crippen molar-refractivity contribution in [2.24, 2.45) is 0 Å². The van der Waals surface area contributed by atoms with Crippen LogP contribution in [0.1, 0.15) is 31.4 Å². The summed E-state index contributed by atoms with van der Waals surface area (Å²) >= 11 is 0. The summed E-state index contributed by atoms with van der Waals surface area (Å²) in [6.07, 6.45) is 5.12. The number of hydrogen-bond acceptors (Lipinski definition) is 3. The van der Waals surface area contributed by atoms with Crippen LogP contribution in [0.2, 0.25) is 0 Å². The summed E-state index contributed by atoms with van der Waals surface area (Å²) in [6, 6.07) is 16.3. The summed E-state index contributed by atoms with van der Waals surface area (Å²) in [5.74, 6) is 0.0446. The molecule has 2 N–H and O–H groups in total. The summed E-state index contributed by atoms with van der Waals surface area (Å²) in [6.45, 7) is 3.68. The SMILES string of the molecule is CC(NC(=O)C1(n2cccn2)CCNCC1)c1cccc2ccccc12. The molecule has 0 radical (unpaired) electrons. The van der Waals surface area contributed by atoms with Crippen LogP contribution >= 0.6 is 0 Å². The highest BCUT2D eigenvalue weighted by Crippen LogP contribution is 2.30. The Morgan fingerprint density at radius 3 is 2.69 bits per heavy atom. The number of carbonyl (C=O) groups is 1. The van der Waals surface area contributed by atoms with Gasteiger partial charge in [0, 0.05) is 12.4 Å². The van der Waals surface area contributed by atoms with Crippen LogP contribution in [0.25, 0.3) is 10.8 Å². The number of amides is 1. The molecule has 1 aliphatic rings. The molecule has 3 aromatic rings. The van der Waals surface area contributed by atoms with E-state index in [1.54, 1.807) is 6.20 Å². The molecule has 5 nitrogen and oxygen atoms in total. The molecule has 5 heteroatoms. The zero-order valence-corrected chi connectivity index (χ0v) is 15.0. The Kier molecular flexibility index (Phi) is 4.47. The molecule has 0 saturated carbocycles. The normalized spacial score (nSPS) is 17.7. The van der Waals surface area contributed by atoms with Gasteiger partial charge < -0.3 is 10.6 Å². The number of carbonyl (C=O) groups excluding carboxylic acids is 1. The standard InChI is InChI=1S/C21H24N4O/c1-16(18-9-4-7-17-6-2-3-8-19(17)18)24-20(26)21(10-13-22-14-11-21)25-15-5-12-23-25/h2-9,12,15-16,22H,10-11,13-14H2,1H3,(H,24,26). The number of nitrogens with one attached hydrogen (secondary N) is 2. The molecule has 1 atom stereocenters. The highest BCUT2D eigenvalue weighted by Gasteiger charge is 2.42. The van der Waals surface area contributed by atoms with Gasteiger partial charge in [-0.1, -0.05) is 42.5 Å². The van der Waals surface area contributed by atoms with Crippen LogP contribution in [-0.2, 0) is 10.3 Å². The Morgan fingerprint density at radius 1 is 1.15 bits per heavy atom. The van der Waals surface area contributed by atoms with Crippen LogP contribution in [-0.4, -0.2) is 28.8 Å². The van der Waals surface area contributed by atoms with Gasteiger partial charge in [0.15, 0.2) is 0 Å². The van der Waals surface area contributed by atoms with Crippen LogP contribution in [0, 0.1) is 0 Å². The van der Waals surface area contributed by atoms with Crippen molar-refractivity contribution in [2.75, 3.05) is 13.1 Å². The Morgan fingerprint density at radius 2 is 1.92 bits per heavy atom. The Balaban J connectivity index is 1.63. The number of fused-ring (bicyclic) bond motifs is 1. The minimum atomic E-state index is -0.617. The van der Waals surface area contributed by atoms with Gasteiger partial charge in [-0.05, 0) is 55.3 Å². The van der Waals surface area contributed by atoms with Gasteiger partial charge in [0.25, 0.3) is 0 Å². The maximum Gasteiger partial charge on any atom is 0.248 e. The molecule has 0 spiro atoms. The van der Waals surface area contributed by atoms with E-state index in [0.717, 1.165) is 31.5 Å². The van der Waals surface area contributed by atoms with Crippen LogP contribution in [0.3, 0.4) is 0 Å². The lowest BCUT2D eigenvalue weighted by Gasteiger charge is -2.37. The summed E-state index contributed by atoms with van der Waals surface area (Å²) in [5, 5.41) is 13.4. The lowest BCUT2D eigenvalue weighted by molar-refractivity contribution is -0.132. The van der Waals surface area contributed by atoms with Crippen molar-refractivity contribution in [3.05, 3.63) is 66.5 Å². The van der Waals surface area contributed by atoms with Crippen molar-refractivity contribution in [3.8, 4) is 0 Å². The van der Waals surface area contributed by atoms with Gasteiger partial charge in [0.1, 0.15) is 5.54 Å². The molecule has 1 saturated heterocycles. The molecule has 26 heavy (non-hydrogen) atoms. The van der Waals surface area contributed by atoms with Gasteiger partial charge in [0.05, 0.1) is 6.04 Å². The van der Waals surface area contributed by atoms with E-state index in [-0.39, 0.29) is 11.9 Å². The monoisotopic (exact) mass is 348 g/mol. The van der Waals surface area contributed by atoms with Gasteiger partial charge in [-0.3, -0.25) is 9.48 Å².